The number of benzene rings is 1. The largest absolute Gasteiger partial charge is 0.327 e. The molecule has 0 saturated heterocycles. The van der Waals surface area contributed by atoms with E-state index in [2.05, 4.69) is 50.4 Å². The zero-order valence-corrected chi connectivity index (χ0v) is 10.8. The zero-order valence-electron chi connectivity index (χ0n) is 10.8. The fraction of sp³-hybridized carbons (Fsp3) is 0.571. The van der Waals surface area contributed by atoms with E-state index in [0.29, 0.717) is 12.1 Å². The summed E-state index contributed by atoms with van der Waals surface area (Å²) in [6.45, 7) is 8.50. The number of aryl methyl sites for hydroxylation is 1. The van der Waals surface area contributed by atoms with Gasteiger partial charge in [-0.2, -0.15) is 0 Å². The molecular weight excluding hydrogens is 196 g/mol. The summed E-state index contributed by atoms with van der Waals surface area (Å²) >= 11 is 0. The lowest BCUT2D eigenvalue weighted by Crippen LogP contribution is -2.42. The van der Waals surface area contributed by atoms with Gasteiger partial charge in [0.15, 0.2) is 0 Å². The predicted octanol–water partition coefficient (Wildman–Crippen LogP) is 2.77. The minimum absolute atomic E-state index is 0.180. The second kappa shape index (κ2) is 6.02. The Morgan fingerprint density at radius 2 is 1.75 bits per heavy atom. The third kappa shape index (κ3) is 3.62. The molecule has 3 N–H and O–H groups in total. The first kappa shape index (κ1) is 13.2. The van der Waals surface area contributed by atoms with Crippen molar-refractivity contribution in [3.63, 3.8) is 0 Å². The van der Waals surface area contributed by atoms with E-state index in [1.54, 1.807) is 0 Å². The molecule has 16 heavy (non-hydrogen) atoms. The van der Waals surface area contributed by atoms with Crippen molar-refractivity contribution in [3.05, 3.63) is 35.4 Å². The molecule has 1 rings (SSSR count). The van der Waals surface area contributed by atoms with Crippen molar-refractivity contribution in [1.82, 2.24) is 5.32 Å². The van der Waals surface area contributed by atoms with Gasteiger partial charge in [0.1, 0.15) is 0 Å². The fourth-order valence-electron chi connectivity index (χ4n) is 1.72. The smallest absolute Gasteiger partial charge is 0.0320 e. The molecule has 2 nitrogen and oxygen atoms in total. The number of rotatable bonds is 5. The highest BCUT2D eigenvalue weighted by atomic mass is 15.0. The van der Waals surface area contributed by atoms with E-state index in [1.165, 1.54) is 11.1 Å². The molecule has 0 bridgehead atoms. The van der Waals surface area contributed by atoms with Gasteiger partial charge in [0, 0.05) is 18.1 Å². The average molecular weight is 220 g/mol. The molecule has 0 aliphatic rings. The summed E-state index contributed by atoms with van der Waals surface area (Å²) in [5.74, 6) is 0. The van der Waals surface area contributed by atoms with Crippen LogP contribution in [0.15, 0.2) is 24.3 Å². The van der Waals surface area contributed by atoms with E-state index in [1.807, 2.05) is 6.92 Å². The van der Waals surface area contributed by atoms with E-state index in [-0.39, 0.29) is 6.04 Å². The van der Waals surface area contributed by atoms with Crippen LogP contribution in [0.4, 0.5) is 0 Å². The maximum atomic E-state index is 5.88. The molecule has 0 aliphatic heterocycles. The Bertz CT molecular complexity index is 303. The molecular formula is C14H24N2. The molecule has 0 fully saturated rings. The number of nitrogens with one attached hydrogen (secondary N) is 1. The summed E-state index contributed by atoms with van der Waals surface area (Å²) in [5.41, 5.74) is 8.53. The average Bonchev–Trinajstić information content (AvgIpc) is 2.26. The topological polar surface area (TPSA) is 38.0 Å². The zero-order chi connectivity index (χ0) is 12.1. The third-order valence-corrected chi connectivity index (χ3v) is 3.14. The van der Waals surface area contributed by atoms with Crippen molar-refractivity contribution in [2.45, 2.75) is 52.2 Å². The van der Waals surface area contributed by atoms with Crippen LogP contribution in [0.2, 0.25) is 0 Å². The summed E-state index contributed by atoms with van der Waals surface area (Å²) in [6, 6.07) is 9.65. The van der Waals surface area contributed by atoms with Crippen LogP contribution in [-0.4, -0.2) is 12.1 Å². The van der Waals surface area contributed by atoms with Crippen LogP contribution < -0.4 is 11.1 Å². The van der Waals surface area contributed by atoms with Gasteiger partial charge in [-0.1, -0.05) is 36.8 Å². The van der Waals surface area contributed by atoms with Gasteiger partial charge in [0.25, 0.3) is 0 Å². The molecule has 2 heteroatoms. The maximum Gasteiger partial charge on any atom is 0.0320 e. The third-order valence-electron chi connectivity index (χ3n) is 3.14. The molecule has 1 aromatic rings. The fourth-order valence-corrected chi connectivity index (χ4v) is 1.72. The summed E-state index contributed by atoms with van der Waals surface area (Å²) in [6.07, 6.45) is 1.08. The first-order valence-corrected chi connectivity index (χ1v) is 6.12. The lowest BCUT2D eigenvalue weighted by atomic mass is 10.0. The first-order chi connectivity index (χ1) is 7.54. The van der Waals surface area contributed by atoms with E-state index < -0.39 is 0 Å². The van der Waals surface area contributed by atoms with E-state index in [0.717, 1.165) is 6.42 Å². The molecule has 0 aliphatic carbocycles. The van der Waals surface area contributed by atoms with Crippen molar-refractivity contribution in [1.29, 1.82) is 0 Å². The van der Waals surface area contributed by atoms with Gasteiger partial charge in [-0.15, -0.1) is 0 Å². The number of nitrogens with two attached hydrogens (primary N) is 1. The van der Waals surface area contributed by atoms with Gasteiger partial charge in [0.05, 0.1) is 0 Å². The maximum absolute atomic E-state index is 5.88. The predicted molar refractivity (Wildman–Crippen MR) is 70.5 cm³/mol. The van der Waals surface area contributed by atoms with Crippen LogP contribution in [0.25, 0.3) is 0 Å². The number of hydrogen-bond acceptors (Lipinski definition) is 2. The summed E-state index contributed by atoms with van der Waals surface area (Å²) in [7, 11) is 0. The van der Waals surface area contributed by atoms with Crippen molar-refractivity contribution < 1.29 is 0 Å². The monoisotopic (exact) mass is 220 g/mol. The molecule has 3 unspecified atom stereocenters. The molecule has 0 heterocycles. The Hall–Kier alpha value is -0.860. The SMILES string of the molecule is CCC(NC(C)C(C)N)c1ccc(C)cc1. The minimum Gasteiger partial charge on any atom is -0.327 e. The lowest BCUT2D eigenvalue weighted by molar-refractivity contribution is 0.406. The van der Waals surface area contributed by atoms with Gasteiger partial charge in [-0.25, -0.2) is 0 Å². The van der Waals surface area contributed by atoms with Crippen LogP contribution in [0.1, 0.15) is 44.4 Å². The second-order valence-electron chi connectivity index (χ2n) is 4.69. The minimum atomic E-state index is 0.180. The van der Waals surface area contributed by atoms with Gasteiger partial charge in [-0.3, -0.25) is 0 Å². The van der Waals surface area contributed by atoms with Crippen molar-refractivity contribution in [2.75, 3.05) is 0 Å². The second-order valence-corrected chi connectivity index (χ2v) is 4.69. The Morgan fingerprint density at radius 1 is 1.19 bits per heavy atom. The van der Waals surface area contributed by atoms with Gasteiger partial charge < -0.3 is 11.1 Å². The lowest BCUT2D eigenvalue weighted by Gasteiger charge is -2.25. The van der Waals surface area contributed by atoms with Crippen LogP contribution in [0.5, 0.6) is 0 Å². The van der Waals surface area contributed by atoms with Crippen LogP contribution in [0, 0.1) is 6.92 Å². The summed E-state index contributed by atoms with van der Waals surface area (Å²) < 4.78 is 0. The standard InChI is InChI=1S/C14H24N2/c1-5-14(16-12(4)11(3)15)13-8-6-10(2)7-9-13/h6-9,11-12,14,16H,5,15H2,1-4H3. The molecule has 1 aromatic carbocycles. The van der Waals surface area contributed by atoms with Crippen LogP contribution in [0.3, 0.4) is 0 Å². The molecule has 0 saturated carbocycles. The van der Waals surface area contributed by atoms with E-state index in [9.17, 15) is 0 Å². The molecule has 0 radical (unpaired) electrons. The van der Waals surface area contributed by atoms with Crippen molar-refractivity contribution in [2.24, 2.45) is 5.73 Å². The van der Waals surface area contributed by atoms with E-state index in [4.69, 9.17) is 5.73 Å². The van der Waals surface area contributed by atoms with Gasteiger partial charge in [-0.05, 0) is 32.8 Å². The quantitative estimate of drug-likeness (QED) is 0.800. The van der Waals surface area contributed by atoms with E-state index >= 15 is 0 Å². The normalized spacial score (nSPS) is 16.8. The van der Waals surface area contributed by atoms with Crippen LogP contribution in [-0.2, 0) is 0 Å². The highest BCUT2D eigenvalue weighted by molar-refractivity contribution is 5.24. The van der Waals surface area contributed by atoms with Crippen molar-refractivity contribution in [3.8, 4) is 0 Å². The Balaban J connectivity index is 2.70. The van der Waals surface area contributed by atoms with Gasteiger partial charge in [0.2, 0.25) is 0 Å². The van der Waals surface area contributed by atoms with Crippen molar-refractivity contribution >= 4 is 0 Å². The molecule has 0 spiro atoms. The Kier molecular flexibility index (Phi) is 4.97. The molecule has 90 valence electrons. The summed E-state index contributed by atoms with van der Waals surface area (Å²) in [4.78, 5) is 0. The van der Waals surface area contributed by atoms with Gasteiger partial charge >= 0.3 is 0 Å². The molecule has 0 amide bonds. The number of hydrogen-bond donors (Lipinski definition) is 2. The first-order valence-electron chi connectivity index (χ1n) is 6.12. The molecule has 0 aromatic heterocycles. The highest BCUT2D eigenvalue weighted by Crippen LogP contribution is 2.18. The Morgan fingerprint density at radius 3 is 2.19 bits per heavy atom. The molecule has 3 atom stereocenters. The highest BCUT2D eigenvalue weighted by Gasteiger charge is 2.14. The Labute approximate surface area is 99.2 Å². The summed E-state index contributed by atoms with van der Waals surface area (Å²) in [5, 5.41) is 3.58. The van der Waals surface area contributed by atoms with Crippen LogP contribution >= 0.6 is 0 Å².